The highest BCUT2D eigenvalue weighted by Crippen LogP contribution is 2.28. The van der Waals surface area contributed by atoms with Gasteiger partial charge in [-0.25, -0.2) is 4.98 Å². The zero-order chi connectivity index (χ0) is 18.1. The molecule has 3 nitrogen and oxygen atoms in total. The van der Waals surface area contributed by atoms with Gasteiger partial charge in [0.05, 0.1) is 5.69 Å². The van der Waals surface area contributed by atoms with E-state index in [0.717, 1.165) is 32.4 Å². The summed E-state index contributed by atoms with van der Waals surface area (Å²) in [7, 11) is 0. The molecule has 1 aromatic heterocycles. The van der Waals surface area contributed by atoms with Crippen molar-refractivity contribution >= 4 is 38.9 Å². The number of aromatic nitrogens is 1. The molecule has 0 bridgehead atoms. The van der Waals surface area contributed by atoms with Crippen molar-refractivity contribution in [2.75, 3.05) is 0 Å². The summed E-state index contributed by atoms with van der Waals surface area (Å²) in [6.07, 6.45) is 1.85. The number of hydrogen-bond donors (Lipinski definition) is 0. The summed E-state index contributed by atoms with van der Waals surface area (Å²) >= 11 is 3.44. The Kier molecular flexibility index (Phi) is 4.43. The minimum atomic E-state index is 0.636. The van der Waals surface area contributed by atoms with Gasteiger partial charge in [0.2, 0.25) is 5.89 Å². The third-order valence-corrected chi connectivity index (χ3v) is 4.89. The first kappa shape index (κ1) is 16.7. The molecule has 0 unspecified atom stereocenters. The summed E-state index contributed by atoms with van der Waals surface area (Å²) in [5.41, 5.74) is 6.94. The van der Waals surface area contributed by atoms with E-state index in [1.807, 2.05) is 54.7 Å². The highest BCUT2D eigenvalue weighted by Gasteiger charge is 2.09. The van der Waals surface area contributed by atoms with Gasteiger partial charge in [-0.05, 0) is 73.0 Å². The summed E-state index contributed by atoms with van der Waals surface area (Å²) in [4.78, 5) is 9.18. The van der Waals surface area contributed by atoms with Crippen LogP contribution in [-0.4, -0.2) is 11.2 Å². The largest absolute Gasteiger partial charge is 0.436 e. The first-order chi connectivity index (χ1) is 12.6. The lowest BCUT2D eigenvalue weighted by molar-refractivity contribution is 0.620. The van der Waals surface area contributed by atoms with Crippen LogP contribution in [0.5, 0.6) is 0 Å². The Morgan fingerprint density at radius 3 is 2.50 bits per heavy atom. The molecule has 4 heteroatoms. The van der Waals surface area contributed by atoms with Gasteiger partial charge in [-0.3, -0.25) is 4.99 Å². The van der Waals surface area contributed by atoms with Gasteiger partial charge in [0.15, 0.2) is 5.58 Å². The quantitative estimate of drug-likeness (QED) is 0.359. The molecule has 4 rings (SSSR count). The van der Waals surface area contributed by atoms with Crippen molar-refractivity contribution in [3.8, 4) is 11.5 Å². The minimum Gasteiger partial charge on any atom is -0.436 e. The van der Waals surface area contributed by atoms with Crippen LogP contribution >= 0.6 is 15.9 Å². The number of rotatable bonds is 3. The van der Waals surface area contributed by atoms with Crippen molar-refractivity contribution in [2.24, 2.45) is 4.99 Å². The second kappa shape index (κ2) is 6.89. The van der Waals surface area contributed by atoms with Crippen molar-refractivity contribution in [1.82, 2.24) is 4.98 Å². The highest BCUT2D eigenvalue weighted by molar-refractivity contribution is 9.10. The van der Waals surface area contributed by atoms with E-state index in [4.69, 9.17) is 4.42 Å². The second-order valence-corrected chi connectivity index (χ2v) is 7.20. The predicted molar refractivity (Wildman–Crippen MR) is 110 cm³/mol. The van der Waals surface area contributed by atoms with Crippen LogP contribution in [0.25, 0.3) is 22.6 Å². The molecular formula is C22H17BrN2O. The van der Waals surface area contributed by atoms with Crippen molar-refractivity contribution < 1.29 is 4.42 Å². The Hall–Kier alpha value is -2.72. The smallest absolute Gasteiger partial charge is 0.227 e. The van der Waals surface area contributed by atoms with Gasteiger partial charge in [-0.15, -0.1) is 0 Å². The fourth-order valence-electron chi connectivity index (χ4n) is 2.69. The number of nitrogens with zero attached hydrogens (tertiary/aromatic N) is 2. The van der Waals surface area contributed by atoms with Crippen molar-refractivity contribution in [3.63, 3.8) is 0 Å². The summed E-state index contributed by atoms with van der Waals surface area (Å²) in [6, 6.07) is 20.1. The molecule has 0 radical (unpaired) electrons. The molecule has 1 heterocycles. The van der Waals surface area contributed by atoms with E-state index < -0.39 is 0 Å². The summed E-state index contributed by atoms with van der Waals surface area (Å²) in [5, 5.41) is 0. The lowest BCUT2D eigenvalue weighted by Crippen LogP contribution is -1.83. The molecule has 0 spiro atoms. The van der Waals surface area contributed by atoms with Crippen LogP contribution in [0.3, 0.4) is 0 Å². The third kappa shape index (κ3) is 3.46. The molecule has 26 heavy (non-hydrogen) atoms. The van der Waals surface area contributed by atoms with Gasteiger partial charge in [-0.1, -0.05) is 34.1 Å². The van der Waals surface area contributed by atoms with Crippen molar-refractivity contribution in [1.29, 1.82) is 0 Å². The first-order valence-electron chi connectivity index (χ1n) is 8.36. The van der Waals surface area contributed by atoms with Gasteiger partial charge < -0.3 is 4.42 Å². The van der Waals surface area contributed by atoms with E-state index in [1.165, 1.54) is 11.1 Å². The third-order valence-electron chi connectivity index (χ3n) is 4.36. The maximum absolute atomic E-state index is 5.91. The Bertz CT molecular complexity index is 1110. The molecular weight excluding hydrogens is 388 g/mol. The summed E-state index contributed by atoms with van der Waals surface area (Å²) in [5.74, 6) is 0.636. The first-order valence-corrected chi connectivity index (χ1v) is 9.16. The molecule has 0 saturated heterocycles. The molecule has 0 aliphatic heterocycles. The van der Waals surface area contributed by atoms with E-state index in [0.29, 0.717) is 5.89 Å². The van der Waals surface area contributed by atoms with Gasteiger partial charge in [-0.2, -0.15) is 0 Å². The maximum Gasteiger partial charge on any atom is 0.227 e. The Morgan fingerprint density at radius 1 is 0.923 bits per heavy atom. The van der Waals surface area contributed by atoms with Crippen LogP contribution in [0.2, 0.25) is 0 Å². The Morgan fingerprint density at radius 2 is 1.73 bits per heavy atom. The van der Waals surface area contributed by atoms with Gasteiger partial charge in [0, 0.05) is 16.3 Å². The SMILES string of the molecule is Cc1ccc(-c2nc3cc(N=Cc4ccc(Br)cc4)ccc3o2)cc1C. The Labute approximate surface area is 160 Å². The predicted octanol–water partition coefficient (Wildman–Crippen LogP) is 6.62. The number of hydrogen-bond acceptors (Lipinski definition) is 3. The maximum atomic E-state index is 5.91. The summed E-state index contributed by atoms with van der Waals surface area (Å²) < 4.78 is 6.96. The highest BCUT2D eigenvalue weighted by atomic mass is 79.9. The average molecular weight is 405 g/mol. The van der Waals surface area contributed by atoms with Gasteiger partial charge in [0.1, 0.15) is 5.52 Å². The molecule has 3 aromatic carbocycles. The van der Waals surface area contributed by atoms with Crippen LogP contribution < -0.4 is 0 Å². The number of aryl methyl sites for hydroxylation is 2. The number of halogens is 1. The van der Waals surface area contributed by atoms with Crippen LogP contribution in [0, 0.1) is 13.8 Å². The molecule has 128 valence electrons. The Balaban J connectivity index is 1.65. The molecule has 0 saturated carbocycles. The lowest BCUT2D eigenvalue weighted by atomic mass is 10.1. The van der Waals surface area contributed by atoms with E-state index in [9.17, 15) is 0 Å². The summed E-state index contributed by atoms with van der Waals surface area (Å²) in [6.45, 7) is 4.19. The van der Waals surface area contributed by atoms with Crippen molar-refractivity contribution in [2.45, 2.75) is 13.8 Å². The molecule has 0 amide bonds. The van der Waals surface area contributed by atoms with Crippen molar-refractivity contribution in [3.05, 3.63) is 81.8 Å². The van der Waals surface area contributed by atoms with E-state index in [1.54, 1.807) is 0 Å². The second-order valence-electron chi connectivity index (χ2n) is 6.28. The number of fused-ring (bicyclic) bond motifs is 1. The van der Waals surface area contributed by atoms with Crippen LogP contribution in [-0.2, 0) is 0 Å². The van der Waals surface area contributed by atoms with E-state index in [2.05, 4.69) is 51.9 Å². The zero-order valence-electron chi connectivity index (χ0n) is 14.5. The van der Waals surface area contributed by atoms with Crippen LogP contribution in [0.1, 0.15) is 16.7 Å². The minimum absolute atomic E-state index is 0.636. The average Bonchev–Trinajstić information content (AvgIpc) is 3.07. The normalized spacial score (nSPS) is 11.5. The topological polar surface area (TPSA) is 38.4 Å². The lowest BCUT2D eigenvalue weighted by Gasteiger charge is -2.01. The van der Waals surface area contributed by atoms with Gasteiger partial charge in [0.25, 0.3) is 0 Å². The van der Waals surface area contributed by atoms with Gasteiger partial charge >= 0.3 is 0 Å². The standard InChI is InChI=1S/C22H17BrN2O/c1-14-3-6-17(11-15(14)2)22-25-20-12-19(9-10-21(20)26-22)24-13-16-4-7-18(23)8-5-16/h3-13H,1-2H3. The van der Waals surface area contributed by atoms with E-state index >= 15 is 0 Å². The zero-order valence-corrected chi connectivity index (χ0v) is 16.1. The molecule has 0 aliphatic rings. The number of benzene rings is 3. The monoisotopic (exact) mass is 404 g/mol. The van der Waals surface area contributed by atoms with Crippen LogP contribution in [0.4, 0.5) is 5.69 Å². The molecule has 0 atom stereocenters. The number of aliphatic imine (C=N–C) groups is 1. The van der Waals surface area contributed by atoms with E-state index in [-0.39, 0.29) is 0 Å². The van der Waals surface area contributed by atoms with Crippen LogP contribution in [0.15, 0.2) is 74.5 Å². The molecule has 0 fully saturated rings. The molecule has 0 aliphatic carbocycles. The fourth-order valence-corrected chi connectivity index (χ4v) is 2.96. The number of oxazole rings is 1. The fraction of sp³-hybridized carbons (Fsp3) is 0.0909. The molecule has 4 aromatic rings. The molecule has 0 N–H and O–H groups in total.